The van der Waals surface area contributed by atoms with Crippen LogP contribution in [0.25, 0.3) is 0 Å². The van der Waals surface area contributed by atoms with Crippen molar-refractivity contribution in [2.75, 3.05) is 5.43 Å². The predicted octanol–water partition coefficient (Wildman–Crippen LogP) is 1.84. The summed E-state index contributed by atoms with van der Waals surface area (Å²) in [6, 6.07) is 6.27. The van der Waals surface area contributed by atoms with E-state index in [2.05, 4.69) is 10.5 Å². The van der Waals surface area contributed by atoms with E-state index in [1.807, 2.05) is 0 Å². The summed E-state index contributed by atoms with van der Waals surface area (Å²) in [4.78, 5) is 23.3. The average Bonchev–Trinajstić information content (AvgIpc) is 2.44. The van der Waals surface area contributed by atoms with E-state index in [0.29, 0.717) is 15.6 Å². The monoisotopic (exact) mass is 326 g/mol. The average molecular weight is 327 g/mol. The Morgan fingerprint density at radius 2 is 1.86 bits per heavy atom. The first kappa shape index (κ1) is 15.3. The van der Waals surface area contributed by atoms with Crippen LogP contribution in [0.3, 0.4) is 0 Å². The van der Waals surface area contributed by atoms with Crippen molar-refractivity contribution in [2.45, 2.75) is 0 Å². The van der Waals surface area contributed by atoms with Crippen LogP contribution in [0.4, 0.5) is 5.82 Å². The number of nitrogens with zero attached hydrogens (tertiary/aromatic N) is 3. The highest BCUT2D eigenvalue weighted by Gasteiger charge is 2.04. The normalized spacial score (nSPS) is 11.0. The zero-order chi connectivity index (χ0) is 15.6. The Morgan fingerprint density at radius 3 is 2.52 bits per heavy atom. The summed E-state index contributed by atoms with van der Waals surface area (Å²) in [5.74, 6) is 0.282. The highest BCUT2D eigenvalue weighted by Crippen LogP contribution is 2.19. The molecule has 110 valence electrons. The Hall–Kier alpha value is -2.05. The number of rotatable bonds is 3. The van der Waals surface area contributed by atoms with Crippen molar-refractivity contribution in [3.05, 3.63) is 60.7 Å². The van der Waals surface area contributed by atoms with E-state index in [-0.39, 0.29) is 5.82 Å². The summed E-state index contributed by atoms with van der Waals surface area (Å²) in [5.41, 5.74) is 2.44. The van der Waals surface area contributed by atoms with Crippen molar-refractivity contribution >= 4 is 35.2 Å². The van der Waals surface area contributed by atoms with Gasteiger partial charge >= 0.3 is 5.69 Å². The Kier molecular flexibility index (Phi) is 4.50. The predicted molar refractivity (Wildman–Crippen MR) is 84.6 cm³/mol. The van der Waals surface area contributed by atoms with E-state index in [9.17, 15) is 9.59 Å². The fourth-order valence-corrected chi connectivity index (χ4v) is 2.07. The molecule has 8 heteroatoms. The molecular weight excluding hydrogens is 315 g/mol. The lowest BCUT2D eigenvalue weighted by Crippen LogP contribution is -2.37. The van der Waals surface area contributed by atoms with Gasteiger partial charge in [0.15, 0.2) is 0 Å². The van der Waals surface area contributed by atoms with Crippen molar-refractivity contribution < 1.29 is 0 Å². The van der Waals surface area contributed by atoms with E-state index < -0.39 is 11.2 Å². The SMILES string of the molecule is Cn1c(N/N=C\c2ccc(Cl)cc2Cl)cc(=O)n(C)c1=O. The van der Waals surface area contributed by atoms with Gasteiger partial charge in [-0.15, -0.1) is 0 Å². The number of hydrazone groups is 1. The third-order valence-corrected chi connectivity index (χ3v) is 3.43. The van der Waals surface area contributed by atoms with Gasteiger partial charge in [0, 0.05) is 30.7 Å². The van der Waals surface area contributed by atoms with Crippen LogP contribution < -0.4 is 16.7 Å². The van der Waals surface area contributed by atoms with E-state index in [1.54, 1.807) is 18.2 Å². The minimum absolute atomic E-state index is 0.282. The third-order valence-electron chi connectivity index (χ3n) is 2.87. The molecule has 1 aromatic carbocycles. The molecule has 0 radical (unpaired) electrons. The Balaban J connectivity index is 2.26. The first-order chi connectivity index (χ1) is 9.90. The Morgan fingerprint density at radius 1 is 1.14 bits per heavy atom. The van der Waals surface area contributed by atoms with E-state index >= 15 is 0 Å². The zero-order valence-corrected chi connectivity index (χ0v) is 12.8. The molecular formula is C13H12Cl2N4O2. The van der Waals surface area contributed by atoms with Crippen LogP contribution in [-0.2, 0) is 14.1 Å². The van der Waals surface area contributed by atoms with Gasteiger partial charge in [-0.05, 0) is 12.1 Å². The largest absolute Gasteiger partial charge is 0.332 e. The Labute approximate surface area is 130 Å². The van der Waals surface area contributed by atoms with Crippen molar-refractivity contribution in [1.82, 2.24) is 9.13 Å². The number of aromatic nitrogens is 2. The zero-order valence-electron chi connectivity index (χ0n) is 11.3. The number of hydrogen-bond donors (Lipinski definition) is 1. The van der Waals surface area contributed by atoms with Crippen LogP contribution in [0, 0.1) is 0 Å². The van der Waals surface area contributed by atoms with Gasteiger partial charge in [-0.2, -0.15) is 5.10 Å². The molecule has 0 aliphatic rings. The number of halogens is 2. The molecule has 2 aromatic rings. The minimum atomic E-state index is -0.440. The fourth-order valence-electron chi connectivity index (χ4n) is 1.61. The summed E-state index contributed by atoms with van der Waals surface area (Å²) in [5, 5.41) is 4.94. The van der Waals surface area contributed by atoms with Gasteiger partial charge in [-0.3, -0.25) is 19.4 Å². The lowest BCUT2D eigenvalue weighted by Gasteiger charge is -2.08. The van der Waals surface area contributed by atoms with Gasteiger partial charge < -0.3 is 0 Å². The molecule has 0 aliphatic carbocycles. The second-order valence-electron chi connectivity index (χ2n) is 4.30. The van der Waals surface area contributed by atoms with Crippen LogP contribution >= 0.6 is 23.2 Å². The van der Waals surface area contributed by atoms with Gasteiger partial charge in [-0.25, -0.2) is 4.79 Å². The molecule has 1 aromatic heterocycles. The fraction of sp³-hybridized carbons (Fsp3) is 0.154. The van der Waals surface area contributed by atoms with Gasteiger partial charge in [0.1, 0.15) is 5.82 Å². The van der Waals surface area contributed by atoms with Gasteiger partial charge in [0.05, 0.1) is 11.2 Å². The molecule has 2 rings (SSSR count). The molecule has 0 saturated heterocycles. The smallest absolute Gasteiger partial charge is 0.281 e. The van der Waals surface area contributed by atoms with Crippen LogP contribution in [0.1, 0.15) is 5.56 Å². The van der Waals surface area contributed by atoms with Gasteiger partial charge in [0.25, 0.3) is 5.56 Å². The van der Waals surface area contributed by atoms with E-state index in [1.165, 1.54) is 30.9 Å². The maximum Gasteiger partial charge on any atom is 0.332 e. The highest BCUT2D eigenvalue weighted by molar-refractivity contribution is 6.36. The van der Waals surface area contributed by atoms with Gasteiger partial charge in [0.2, 0.25) is 0 Å². The first-order valence-electron chi connectivity index (χ1n) is 5.91. The van der Waals surface area contributed by atoms with Crippen molar-refractivity contribution in [3.63, 3.8) is 0 Å². The van der Waals surface area contributed by atoms with E-state index in [0.717, 1.165) is 4.57 Å². The van der Waals surface area contributed by atoms with Crippen molar-refractivity contribution in [1.29, 1.82) is 0 Å². The minimum Gasteiger partial charge on any atom is -0.281 e. The van der Waals surface area contributed by atoms with Crippen LogP contribution in [0.5, 0.6) is 0 Å². The topological polar surface area (TPSA) is 68.4 Å². The summed E-state index contributed by atoms with van der Waals surface area (Å²) in [6.07, 6.45) is 1.47. The summed E-state index contributed by atoms with van der Waals surface area (Å²) in [6.45, 7) is 0. The first-order valence-corrected chi connectivity index (χ1v) is 6.67. The molecule has 6 nitrogen and oxygen atoms in total. The molecule has 1 N–H and O–H groups in total. The lowest BCUT2D eigenvalue weighted by atomic mass is 10.2. The second kappa shape index (κ2) is 6.15. The number of anilines is 1. The molecule has 0 unspecified atom stereocenters. The van der Waals surface area contributed by atoms with E-state index in [4.69, 9.17) is 23.2 Å². The number of nitrogens with one attached hydrogen (secondary N) is 1. The molecule has 21 heavy (non-hydrogen) atoms. The number of hydrogen-bond acceptors (Lipinski definition) is 4. The summed E-state index contributed by atoms with van der Waals surface area (Å²) in [7, 11) is 2.94. The maximum absolute atomic E-state index is 11.7. The molecule has 0 spiro atoms. The Bertz CT molecular complexity index is 824. The molecule has 1 heterocycles. The van der Waals surface area contributed by atoms with Crippen molar-refractivity contribution in [2.24, 2.45) is 19.2 Å². The van der Waals surface area contributed by atoms with Crippen LogP contribution in [0.2, 0.25) is 10.0 Å². The quantitative estimate of drug-likeness (QED) is 0.691. The molecule has 0 saturated carbocycles. The summed E-state index contributed by atoms with van der Waals surface area (Å²) < 4.78 is 2.28. The standard InChI is InChI=1S/C13H12Cl2N4O2/c1-18-11(6-12(20)19(2)13(18)21)17-16-7-8-3-4-9(14)5-10(8)15/h3-7,17H,1-2H3/b16-7-. The molecule has 0 atom stereocenters. The van der Waals surface area contributed by atoms with Gasteiger partial charge in [-0.1, -0.05) is 29.3 Å². The number of benzene rings is 1. The van der Waals surface area contributed by atoms with Crippen molar-refractivity contribution in [3.8, 4) is 0 Å². The highest BCUT2D eigenvalue weighted by atomic mass is 35.5. The third kappa shape index (κ3) is 3.34. The lowest BCUT2D eigenvalue weighted by molar-refractivity contribution is 0.690. The maximum atomic E-state index is 11.7. The molecule has 0 aliphatic heterocycles. The molecule has 0 fully saturated rings. The second-order valence-corrected chi connectivity index (χ2v) is 5.15. The molecule has 0 amide bonds. The summed E-state index contributed by atoms with van der Waals surface area (Å²) >= 11 is 11.8. The van der Waals surface area contributed by atoms with Crippen LogP contribution in [-0.4, -0.2) is 15.3 Å². The molecule has 0 bridgehead atoms. The van der Waals surface area contributed by atoms with Crippen LogP contribution in [0.15, 0.2) is 39.0 Å².